The van der Waals surface area contributed by atoms with Crippen molar-refractivity contribution in [3.05, 3.63) is 64.2 Å². The fraction of sp³-hybridized carbons (Fsp3) is 0.235. The number of aliphatic carboxylic acids is 1. The van der Waals surface area contributed by atoms with E-state index in [1.807, 2.05) is 31.2 Å². The van der Waals surface area contributed by atoms with Crippen molar-refractivity contribution in [2.75, 3.05) is 6.54 Å². The van der Waals surface area contributed by atoms with Gasteiger partial charge in [0.2, 0.25) is 0 Å². The number of ether oxygens (including phenoxy) is 1. The molecule has 0 aliphatic rings. The van der Waals surface area contributed by atoms with E-state index in [1.165, 1.54) is 5.56 Å². The number of carboxylic acid groups (broad SMARTS) is 1. The van der Waals surface area contributed by atoms with Gasteiger partial charge in [0.1, 0.15) is 12.4 Å². The molecule has 0 saturated heterocycles. The van der Waals surface area contributed by atoms with Crippen molar-refractivity contribution in [1.29, 1.82) is 0 Å². The van der Waals surface area contributed by atoms with E-state index in [4.69, 9.17) is 21.4 Å². The molecule has 0 spiro atoms. The van der Waals surface area contributed by atoms with E-state index >= 15 is 0 Å². The second kappa shape index (κ2) is 7.82. The van der Waals surface area contributed by atoms with Gasteiger partial charge in [-0.05, 0) is 30.7 Å². The Kier molecular flexibility index (Phi) is 5.81. The van der Waals surface area contributed by atoms with Crippen LogP contribution in [0.5, 0.6) is 5.75 Å². The lowest BCUT2D eigenvalue weighted by molar-refractivity contribution is -0.136. The maximum Gasteiger partial charge on any atom is 0.317 e. The lowest BCUT2D eigenvalue weighted by atomic mass is 10.1. The van der Waals surface area contributed by atoms with Crippen molar-refractivity contribution in [3.63, 3.8) is 0 Å². The molecule has 4 nitrogen and oxygen atoms in total. The van der Waals surface area contributed by atoms with Crippen molar-refractivity contribution < 1.29 is 14.6 Å². The van der Waals surface area contributed by atoms with Gasteiger partial charge >= 0.3 is 5.97 Å². The van der Waals surface area contributed by atoms with Crippen LogP contribution in [0.15, 0.2) is 42.5 Å². The first-order valence-electron chi connectivity index (χ1n) is 6.94. The summed E-state index contributed by atoms with van der Waals surface area (Å²) in [6.45, 7) is 2.77. The number of hydrogen-bond acceptors (Lipinski definition) is 3. The van der Waals surface area contributed by atoms with Crippen LogP contribution in [-0.4, -0.2) is 17.6 Å². The number of rotatable bonds is 7. The quantitative estimate of drug-likeness (QED) is 0.821. The summed E-state index contributed by atoms with van der Waals surface area (Å²) >= 11 is 5.99. The minimum atomic E-state index is -0.899. The summed E-state index contributed by atoms with van der Waals surface area (Å²) in [5.41, 5.74) is 3.11. The predicted octanol–water partition coefficient (Wildman–Crippen LogP) is 3.40. The Morgan fingerprint density at radius 1 is 1.23 bits per heavy atom. The normalized spacial score (nSPS) is 10.5. The average molecular weight is 320 g/mol. The van der Waals surface area contributed by atoms with Crippen LogP contribution in [0.2, 0.25) is 5.02 Å². The van der Waals surface area contributed by atoms with Gasteiger partial charge < -0.3 is 15.2 Å². The van der Waals surface area contributed by atoms with Crippen LogP contribution >= 0.6 is 11.6 Å². The Bertz CT molecular complexity index is 641. The molecule has 0 radical (unpaired) electrons. The molecule has 0 heterocycles. The highest BCUT2D eigenvalue weighted by molar-refractivity contribution is 6.30. The first-order valence-corrected chi connectivity index (χ1v) is 7.31. The molecule has 0 aromatic heterocycles. The summed E-state index contributed by atoms with van der Waals surface area (Å²) < 4.78 is 5.83. The Morgan fingerprint density at radius 2 is 1.95 bits per heavy atom. The number of carbonyl (C=O) groups is 1. The number of halogens is 1. The number of aryl methyl sites for hydroxylation is 1. The zero-order valence-electron chi connectivity index (χ0n) is 12.3. The van der Waals surface area contributed by atoms with Gasteiger partial charge in [0.15, 0.2) is 0 Å². The molecule has 0 amide bonds. The maximum atomic E-state index is 10.6. The maximum absolute atomic E-state index is 10.6. The minimum Gasteiger partial charge on any atom is -0.489 e. The first-order chi connectivity index (χ1) is 10.5. The van der Waals surface area contributed by atoms with Crippen molar-refractivity contribution in [2.45, 2.75) is 20.1 Å². The number of hydrogen-bond donors (Lipinski definition) is 2. The summed E-state index contributed by atoms with van der Waals surface area (Å²) in [4.78, 5) is 10.6. The monoisotopic (exact) mass is 319 g/mol. The molecule has 2 aromatic rings. The van der Waals surface area contributed by atoms with E-state index in [-0.39, 0.29) is 6.54 Å². The predicted molar refractivity (Wildman–Crippen MR) is 86.3 cm³/mol. The topological polar surface area (TPSA) is 58.6 Å². The zero-order valence-corrected chi connectivity index (χ0v) is 13.1. The van der Waals surface area contributed by atoms with Crippen LogP contribution < -0.4 is 10.1 Å². The van der Waals surface area contributed by atoms with E-state index in [1.54, 1.807) is 18.2 Å². The van der Waals surface area contributed by atoms with E-state index in [9.17, 15) is 4.79 Å². The van der Waals surface area contributed by atoms with Gasteiger partial charge in [-0.15, -0.1) is 0 Å². The van der Waals surface area contributed by atoms with E-state index in [2.05, 4.69) is 5.32 Å². The van der Waals surface area contributed by atoms with E-state index in [0.29, 0.717) is 23.9 Å². The summed E-state index contributed by atoms with van der Waals surface area (Å²) in [5, 5.41) is 12.1. The first kappa shape index (κ1) is 16.3. The SMILES string of the molecule is Cc1ccc(COc2ccc(Cl)cc2CNCC(=O)O)cc1. The third-order valence-corrected chi connectivity index (χ3v) is 3.36. The van der Waals surface area contributed by atoms with Gasteiger partial charge in [0.05, 0.1) is 6.54 Å². The van der Waals surface area contributed by atoms with Crippen LogP contribution in [0.4, 0.5) is 0 Å². The Hall–Kier alpha value is -2.04. The molecule has 5 heteroatoms. The van der Waals surface area contributed by atoms with Gasteiger partial charge in [-0.2, -0.15) is 0 Å². The minimum absolute atomic E-state index is 0.107. The molecule has 2 rings (SSSR count). The lowest BCUT2D eigenvalue weighted by Crippen LogP contribution is -2.22. The van der Waals surface area contributed by atoms with Crippen molar-refractivity contribution in [2.24, 2.45) is 0 Å². The van der Waals surface area contributed by atoms with Gasteiger partial charge in [0.25, 0.3) is 0 Å². The molecule has 0 atom stereocenters. The highest BCUT2D eigenvalue weighted by atomic mass is 35.5. The van der Waals surface area contributed by atoms with Crippen LogP contribution in [0.25, 0.3) is 0 Å². The molecule has 116 valence electrons. The van der Waals surface area contributed by atoms with Gasteiger partial charge in [-0.3, -0.25) is 4.79 Å². The second-order valence-corrected chi connectivity index (χ2v) is 5.46. The van der Waals surface area contributed by atoms with Crippen LogP contribution in [0.1, 0.15) is 16.7 Å². The van der Waals surface area contributed by atoms with Crippen molar-refractivity contribution in [3.8, 4) is 5.75 Å². The van der Waals surface area contributed by atoms with Crippen LogP contribution in [-0.2, 0) is 17.9 Å². The fourth-order valence-electron chi connectivity index (χ4n) is 1.98. The van der Waals surface area contributed by atoms with E-state index < -0.39 is 5.97 Å². The third-order valence-electron chi connectivity index (χ3n) is 3.13. The number of benzene rings is 2. The molecule has 2 aromatic carbocycles. The molecule has 0 saturated carbocycles. The Labute approximate surface area is 134 Å². The molecule has 2 N–H and O–H groups in total. The summed E-state index contributed by atoms with van der Waals surface area (Å²) in [5.74, 6) is -0.202. The van der Waals surface area contributed by atoms with Crippen LogP contribution in [0.3, 0.4) is 0 Å². The largest absolute Gasteiger partial charge is 0.489 e. The summed E-state index contributed by atoms with van der Waals surface area (Å²) in [7, 11) is 0. The molecule has 0 unspecified atom stereocenters. The molecule has 0 bridgehead atoms. The Morgan fingerprint density at radius 3 is 2.64 bits per heavy atom. The third kappa shape index (κ3) is 5.06. The standard InChI is InChI=1S/C17H18ClNO3/c1-12-2-4-13(5-3-12)11-22-16-7-6-15(18)8-14(16)9-19-10-17(20)21/h2-8,19H,9-11H2,1H3,(H,20,21). The number of carboxylic acids is 1. The molecule has 0 aliphatic carbocycles. The molecule has 0 fully saturated rings. The number of nitrogens with one attached hydrogen (secondary N) is 1. The average Bonchev–Trinajstić information content (AvgIpc) is 2.48. The van der Waals surface area contributed by atoms with Gasteiger partial charge in [-0.1, -0.05) is 41.4 Å². The van der Waals surface area contributed by atoms with Gasteiger partial charge in [0, 0.05) is 17.1 Å². The Balaban J connectivity index is 2.02. The second-order valence-electron chi connectivity index (χ2n) is 5.02. The zero-order chi connectivity index (χ0) is 15.9. The smallest absolute Gasteiger partial charge is 0.317 e. The molecule has 0 aliphatic heterocycles. The highest BCUT2D eigenvalue weighted by Gasteiger charge is 2.06. The van der Waals surface area contributed by atoms with Crippen molar-refractivity contribution in [1.82, 2.24) is 5.32 Å². The van der Waals surface area contributed by atoms with Crippen LogP contribution in [0, 0.1) is 6.92 Å². The highest BCUT2D eigenvalue weighted by Crippen LogP contribution is 2.24. The fourth-order valence-corrected chi connectivity index (χ4v) is 2.17. The van der Waals surface area contributed by atoms with E-state index in [0.717, 1.165) is 11.1 Å². The van der Waals surface area contributed by atoms with Crippen molar-refractivity contribution >= 4 is 17.6 Å². The molecular weight excluding hydrogens is 302 g/mol. The molecule has 22 heavy (non-hydrogen) atoms. The summed E-state index contributed by atoms with van der Waals surface area (Å²) in [6, 6.07) is 13.5. The molecular formula is C17H18ClNO3. The summed E-state index contributed by atoms with van der Waals surface area (Å²) in [6.07, 6.45) is 0. The van der Waals surface area contributed by atoms with Gasteiger partial charge in [-0.25, -0.2) is 0 Å². The lowest BCUT2D eigenvalue weighted by Gasteiger charge is -2.12.